The Balaban J connectivity index is 0.951. The minimum absolute atomic E-state index is 0.0594. The van der Waals surface area contributed by atoms with E-state index in [9.17, 15) is 28.8 Å². The van der Waals surface area contributed by atoms with E-state index in [4.69, 9.17) is 38.8 Å². The highest BCUT2D eigenvalue weighted by Gasteiger charge is 2.52. The predicted molar refractivity (Wildman–Crippen MR) is 509 cm³/mol. The van der Waals surface area contributed by atoms with E-state index in [1.165, 1.54) is 83.1 Å². The molecule has 6 aliphatic rings. The van der Waals surface area contributed by atoms with Gasteiger partial charge < -0.3 is 63.1 Å². The fourth-order valence-electron chi connectivity index (χ4n) is 19.7. The molecule has 28 nitrogen and oxygen atoms in total. The Hall–Kier alpha value is -10.0. The number of ether oxygens (including phenoxy) is 2. The zero-order valence-electron chi connectivity index (χ0n) is 77.1. The summed E-state index contributed by atoms with van der Waals surface area (Å²) in [7, 11) is 0. The zero-order chi connectivity index (χ0) is 94.3. The summed E-state index contributed by atoms with van der Waals surface area (Å²) >= 11 is 14.3. The van der Waals surface area contributed by atoms with Crippen LogP contribution in [0.2, 0.25) is 0 Å². The van der Waals surface area contributed by atoms with Crippen LogP contribution in [0.1, 0.15) is 251 Å². The van der Waals surface area contributed by atoms with Crippen LogP contribution in [-0.2, 0) is 97.0 Å². The number of carbonyl (C=O) groups is 14. The number of fused-ring (bicyclic) bond motifs is 6. The van der Waals surface area contributed by atoms with Gasteiger partial charge in [0.25, 0.3) is 11.8 Å². The number of hydrogen-bond donors (Lipinski definition) is 10. The largest absolute Gasteiger partial charge is 0.448 e. The molecule has 0 unspecified atom stereocenters. The second-order valence-electron chi connectivity index (χ2n) is 38.0. The number of nitrogens with two attached hydrogens (primary N) is 1. The summed E-state index contributed by atoms with van der Waals surface area (Å²) in [5.41, 5.74) is 7.13. The summed E-state index contributed by atoms with van der Waals surface area (Å²) in [5, 5.41) is 24.4. The molecule has 11 N–H and O–H groups in total. The Morgan fingerprint density at radius 1 is 0.385 bits per heavy atom. The molecule has 0 saturated heterocycles. The molecule has 14 amide bonds. The average Bonchev–Trinajstić information content (AvgIpc) is 1.56. The summed E-state index contributed by atoms with van der Waals surface area (Å²) in [4.78, 5) is 211. The monoisotopic (exact) mass is 1860 g/mol. The number of imide groups is 2. The van der Waals surface area contributed by atoms with Crippen molar-refractivity contribution in [1.82, 2.24) is 57.7 Å². The number of nitrogens with one attached hydrogen (secondary N) is 9. The molecule has 32 heteroatoms. The number of amides is 14. The number of rotatable bonds is 36. The van der Waals surface area contributed by atoms with Crippen LogP contribution in [0.4, 0.5) is 9.59 Å². The van der Waals surface area contributed by atoms with E-state index >= 15 is 38.4 Å². The van der Waals surface area contributed by atoms with E-state index < -0.39 is 172 Å². The van der Waals surface area contributed by atoms with Crippen LogP contribution in [0.3, 0.4) is 0 Å². The van der Waals surface area contributed by atoms with Gasteiger partial charge in [-0.1, -0.05) is 228 Å². The topological polar surface area (TPSA) is 398 Å². The molecule has 0 aromatic heterocycles. The molecule has 5 aromatic rings. The minimum Gasteiger partial charge on any atom is -0.448 e. The fraction of sp³-hybridized carbons (Fsp3) is 0.551. The molecular weight excluding hydrogens is 1730 g/mol. The van der Waals surface area contributed by atoms with Gasteiger partial charge in [-0.15, -0.1) is 0 Å². The Morgan fingerprint density at radius 3 is 1.07 bits per heavy atom. The molecule has 5 aromatic carbocycles. The van der Waals surface area contributed by atoms with E-state index in [1.807, 2.05) is 97.1 Å². The van der Waals surface area contributed by atoms with Crippen molar-refractivity contribution in [2.24, 2.45) is 5.73 Å². The van der Waals surface area contributed by atoms with E-state index in [1.54, 1.807) is 30.3 Å². The second kappa shape index (κ2) is 44.0. The van der Waals surface area contributed by atoms with Gasteiger partial charge in [0, 0.05) is 37.5 Å². The third-order valence-electron chi connectivity index (χ3n) is 27.1. The molecule has 0 aliphatic heterocycles. The molecule has 0 bridgehead atoms. The third kappa shape index (κ3) is 24.1. The summed E-state index contributed by atoms with van der Waals surface area (Å²) < 4.78 is 12.9. The van der Waals surface area contributed by atoms with Gasteiger partial charge in [0.2, 0.25) is 59.1 Å². The van der Waals surface area contributed by atoms with Crippen LogP contribution in [0.15, 0.2) is 127 Å². The molecule has 4 fully saturated rings. The first-order valence-corrected chi connectivity index (χ1v) is 52.5. The second-order valence-corrected chi connectivity index (χ2v) is 49.2. The van der Waals surface area contributed by atoms with Crippen molar-refractivity contribution in [3.63, 3.8) is 0 Å². The van der Waals surface area contributed by atoms with Crippen molar-refractivity contribution >= 4 is 119 Å². The lowest BCUT2D eigenvalue weighted by molar-refractivity contribution is -0.145. The SMILES string of the molecule is CC(=O)N[C@@H](C)C(=O)NC(C)(C)C(=O)N[C@@H](C)C(=O)N(C(=O)OCC1c2ccccc2-c2ccccc21)[C@@H](CP(=S)(C1CCCCC1)C1CCCCC1)C(=O)N[C@@H](Cc1ccccc1)C(=O)N[C@@H](C)C(=O)NC(C)(C)C(=O)N(C(=O)OCC1c2ccccc2-c2ccccc21)[C@@H](CP(=S)(C1CCCCC1)C1CCCCC1)C(=O)N[C@@H](C)C(=O)NC(C)(C)C(=O)N[C@@H](C)C(N)=O. The maximum Gasteiger partial charge on any atom is 0.417 e. The first kappa shape index (κ1) is 101. The number of benzene rings is 5. The molecule has 0 spiro atoms. The quantitative estimate of drug-likeness (QED) is 0.0167. The molecule has 0 radical (unpaired) electrons. The van der Waals surface area contributed by atoms with Gasteiger partial charge in [-0.05, 0) is 212 Å². The number of nitrogens with zero attached hydrogens (tertiary/aromatic N) is 2. The van der Waals surface area contributed by atoms with Crippen molar-refractivity contribution in [2.45, 2.75) is 317 Å². The summed E-state index contributed by atoms with van der Waals surface area (Å²) in [6.45, 7) is 15.8. The van der Waals surface area contributed by atoms with E-state index in [0.29, 0.717) is 5.56 Å². The average molecular weight is 1860 g/mol. The smallest absolute Gasteiger partial charge is 0.417 e. The Labute approximate surface area is 774 Å². The molecule has 0 heterocycles. The predicted octanol–water partition coefficient (Wildman–Crippen LogP) is 12.0. The van der Waals surface area contributed by atoms with Gasteiger partial charge in [0.05, 0.1) is 0 Å². The maximum absolute atomic E-state index is 16.7. The van der Waals surface area contributed by atoms with Crippen molar-refractivity contribution in [2.75, 3.05) is 25.5 Å². The van der Waals surface area contributed by atoms with Gasteiger partial charge in [-0.25, -0.2) is 19.4 Å². The van der Waals surface area contributed by atoms with Crippen molar-refractivity contribution < 1.29 is 76.6 Å². The summed E-state index contributed by atoms with van der Waals surface area (Å²) in [6, 6.07) is 21.4. The number of carbonyl (C=O) groups excluding carboxylic acids is 14. The highest BCUT2D eigenvalue weighted by Crippen LogP contribution is 2.65. The van der Waals surface area contributed by atoms with Crippen molar-refractivity contribution in [3.05, 3.63) is 155 Å². The Kier molecular flexibility index (Phi) is 34.0. The Morgan fingerprint density at radius 2 is 0.700 bits per heavy atom. The highest BCUT2D eigenvalue weighted by atomic mass is 32.4. The molecule has 8 atom stereocenters. The normalized spacial score (nSPS) is 17.8. The minimum atomic E-state index is -2.94. The lowest BCUT2D eigenvalue weighted by atomic mass is 9.98. The molecule has 11 rings (SSSR count). The first-order chi connectivity index (χ1) is 61.7. The van der Waals surface area contributed by atoms with Gasteiger partial charge >= 0.3 is 12.2 Å². The van der Waals surface area contributed by atoms with Gasteiger partial charge in [-0.3, -0.25) is 57.5 Å². The fourth-order valence-corrected chi connectivity index (χ4v) is 32.1. The van der Waals surface area contributed by atoms with E-state index in [-0.39, 0.29) is 54.6 Å². The summed E-state index contributed by atoms with van der Waals surface area (Å²) in [6.07, 6.45) is 13.6. The van der Waals surface area contributed by atoms with Gasteiger partial charge in [-0.2, -0.15) is 0 Å². The van der Waals surface area contributed by atoms with E-state index in [2.05, 4.69) is 47.9 Å². The van der Waals surface area contributed by atoms with Crippen molar-refractivity contribution in [1.29, 1.82) is 0 Å². The molecule has 130 heavy (non-hydrogen) atoms. The van der Waals surface area contributed by atoms with Gasteiger partial charge in [0.15, 0.2) is 0 Å². The number of hydrogen-bond acceptors (Lipinski definition) is 18. The zero-order valence-corrected chi connectivity index (χ0v) is 80.5. The third-order valence-corrected chi connectivity index (χ3v) is 40.5. The first-order valence-electron chi connectivity index (χ1n) is 46.3. The lowest BCUT2D eigenvalue weighted by Gasteiger charge is -2.45. The van der Waals surface area contributed by atoms with Gasteiger partial charge in [0.1, 0.15) is 78.2 Å². The molecule has 4 saturated carbocycles. The van der Waals surface area contributed by atoms with Crippen molar-refractivity contribution in [3.8, 4) is 22.3 Å². The van der Waals surface area contributed by atoms with E-state index in [0.717, 1.165) is 183 Å². The molecule has 702 valence electrons. The van der Waals surface area contributed by atoms with Crippen LogP contribution in [0.25, 0.3) is 22.3 Å². The Bertz CT molecular complexity index is 4990. The molecule has 6 aliphatic carbocycles. The van der Waals surface area contributed by atoms with Crippen LogP contribution >= 0.6 is 12.1 Å². The summed E-state index contributed by atoms with van der Waals surface area (Å²) in [5.74, 6) is -11.7. The van der Waals surface area contributed by atoms with Crippen LogP contribution < -0.4 is 53.6 Å². The maximum atomic E-state index is 16.7. The molecular formula is C98H132N12O16P2S2. The number of primary amides is 1. The van der Waals surface area contributed by atoms with Crippen LogP contribution in [-0.4, -0.2) is 206 Å². The van der Waals surface area contributed by atoms with Crippen LogP contribution in [0, 0.1) is 0 Å². The highest BCUT2D eigenvalue weighted by molar-refractivity contribution is 8.15. The van der Waals surface area contributed by atoms with Crippen LogP contribution in [0.5, 0.6) is 0 Å². The lowest BCUT2D eigenvalue weighted by Crippen LogP contribution is -2.66. The standard InChI is InChI=1S/C98H132N12O16P2S2/c1-59(83(99)112)103-91(120)96(7,8)107-85(114)62(4)102-88(117)82(58-128(130,68-42-24-16-25-43-68)69-44-26-17-27-45-69)110(95(124)126-56-79-76-52-34-30-48-72(76)73-49-31-35-53-77(73)79)93(122)98(11,12)108-86(115)61(3)101-87(116)80(54-65-36-18-13-19-37-65)105-89(118)81(57-127(129,66-38-20-14-21-39-66)67-40-22-15-23-41-67)109(90(119)63(5)104-92(121)97(9,10)106-84(113)60(2)100-64(6)111)94(123)125-55-78-74-50-32-28-46-70(74)71-47-29-33-51-75(71)78/h13,18-19,28-37,46-53,59-63,66-69,78-82H,14-17,20-27,38-45,54-58H2,1-12H3,(H2,99,112)(H,100,111)(H,101,116)(H,102,117)(H,103,120)(H,104,121)(H,105,118)(H,106,113)(H,107,114)(H,108,115)/t59-,60-,61-,62-,63-,80-,81-,82-/m0/s1.